The molecule has 0 bridgehead atoms. The number of hydrogen-bond donors (Lipinski definition) is 1. The first-order valence-electron chi connectivity index (χ1n) is 6.09. The molecule has 0 aliphatic carbocycles. The summed E-state index contributed by atoms with van der Waals surface area (Å²) in [5.41, 5.74) is 5.05. The predicted molar refractivity (Wildman–Crippen MR) is 72.8 cm³/mol. The van der Waals surface area contributed by atoms with Crippen LogP contribution in [0.3, 0.4) is 0 Å². The lowest BCUT2D eigenvalue weighted by molar-refractivity contribution is 0.0998. The second-order valence-electron chi connectivity index (χ2n) is 4.67. The fourth-order valence-corrected chi connectivity index (χ4v) is 1.74. The molecule has 6 heteroatoms. The second kappa shape index (κ2) is 5.24. The van der Waals surface area contributed by atoms with Crippen molar-refractivity contribution in [3.8, 4) is 11.3 Å². The number of halogens is 1. The number of hydrogen-bond acceptors (Lipinski definition) is 3. The second-order valence-corrected chi connectivity index (χ2v) is 4.67. The molecule has 0 spiro atoms. The molecule has 0 atom stereocenters. The summed E-state index contributed by atoms with van der Waals surface area (Å²) in [6.07, 6.45) is 1.34. The van der Waals surface area contributed by atoms with Gasteiger partial charge in [-0.1, -0.05) is 0 Å². The van der Waals surface area contributed by atoms with Crippen LogP contribution in [0.15, 0.2) is 35.3 Å². The lowest BCUT2D eigenvalue weighted by atomic mass is 10.1. The Hall–Kier alpha value is -2.50. The monoisotopic (exact) mass is 275 g/mol. The topological polar surface area (TPSA) is 78.0 Å². The average molecular weight is 275 g/mol. The van der Waals surface area contributed by atoms with Crippen LogP contribution in [0.5, 0.6) is 0 Å². The summed E-state index contributed by atoms with van der Waals surface area (Å²) in [7, 11) is 0. The molecule has 0 aliphatic rings. The van der Waals surface area contributed by atoms with Crippen molar-refractivity contribution in [1.82, 2.24) is 9.78 Å². The van der Waals surface area contributed by atoms with E-state index in [-0.39, 0.29) is 17.3 Å². The number of nitrogens with zero attached hydrogens (tertiary/aromatic N) is 2. The predicted octanol–water partition coefficient (Wildman–Crippen LogP) is 1.73. The summed E-state index contributed by atoms with van der Waals surface area (Å²) in [4.78, 5) is 23.6. The largest absolute Gasteiger partial charge is 0.365 e. The molecule has 2 aromatic rings. The van der Waals surface area contributed by atoms with Gasteiger partial charge in [0.25, 0.3) is 5.91 Å². The van der Waals surface area contributed by atoms with E-state index < -0.39 is 17.2 Å². The van der Waals surface area contributed by atoms with Crippen molar-refractivity contribution in [2.45, 2.75) is 19.9 Å². The third-order valence-electron chi connectivity index (χ3n) is 2.85. The molecule has 0 unspecified atom stereocenters. The number of nitrogens with two attached hydrogens (primary N) is 1. The van der Waals surface area contributed by atoms with Gasteiger partial charge < -0.3 is 5.73 Å². The maximum atomic E-state index is 12.9. The van der Waals surface area contributed by atoms with E-state index in [0.29, 0.717) is 5.56 Å². The van der Waals surface area contributed by atoms with Crippen LogP contribution in [-0.2, 0) is 0 Å². The molecule has 1 aromatic heterocycles. The molecule has 104 valence electrons. The van der Waals surface area contributed by atoms with E-state index in [1.807, 2.05) is 13.8 Å². The molecule has 20 heavy (non-hydrogen) atoms. The highest BCUT2D eigenvalue weighted by Crippen LogP contribution is 2.15. The normalized spacial score (nSPS) is 10.8. The van der Waals surface area contributed by atoms with E-state index in [1.54, 1.807) is 0 Å². The number of carbonyl (C=O) groups is 1. The van der Waals surface area contributed by atoms with Gasteiger partial charge in [-0.3, -0.25) is 14.3 Å². The van der Waals surface area contributed by atoms with Gasteiger partial charge in [0.05, 0.1) is 0 Å². The Morgan fingerprint density at radius 3 is 2.40 bits per heavy atom. The summed E-state index contributed by atoms with van der Waals surface area (Å²) < 4.78 is 14.4. The van der Waals surface area contributed by atoms with Gasteiger partial charge in [0.15, 0.2) is 0 Å². The number of carbonyl (C=O) groups excluding carboxylic acids is 1. The Bertz CT molecular complexity index is 705. The third kappa shape index (κ3) is 2.59. The number of benzene rings is 1. The first-order chi connectivity index (χ1) is 9.40. The summed E-state index contributed by atoms with van der Waals surface area (Å²) >= 11 is 0. The Balaban J connectivity index is 2.71. The van der Waals surface area contributed by atoms with Gasteiger partial charge in [0.2, 0.25) is 5.43 Å². The first kappa shape index (κ1) is 13.9. The number of aromatic nitrogens is 2. The van der Waals surface area contributed by atoms with E-state index in [9.17, 15) is 14.0 Å². The van der Waals surface area contributed by atoms with Crippen molar-refractivity contribution < 1.29 is 9.18 Å². The number of rotatable bonds is 3. The van der Waals surface area contributed by atoms with Crippen molar-refractivity contribution in [2.75, 3.05) is 0 Å². The fraction of sp³-hybridized carbons (Fsp3) is 0.214. The molecular formula is C14H14FN3O2. The standard InChI is InChI=1S/C14H14FN3O2/c1-8(2)18-7-11(14(16)20)13(19)12(17-18)9-3-5-10(15)6-4-9/h3-8H,1-2H3,(H2,16,20). The van der Waals surface area contributed by atoms with E-state index >= 15 is 0 Å². The first-order valence-corrected chi connectivity index (χ1v) is 6.09. The highest BCUT2D eigenvalue weighted by atomic mass is 19.1. The molecule has 0 saturated heterocycles. The number of amides is 1. The van der Waals surface area contributed by atoms with Gasteiger partial charge in [-0.05, 0) is 38.1 Å². The van der Waals surface area contributed by atoms with Crippen molar-refractivity contribution >= 4 is 5.91 Å². The molecule has 1 heterocycles. The lowest BCUT2D eigenvalue weighted by Gasteiger charge is -2.12. The van der Waals surface area contributed by atoms with Crippen LogP contribution in [0.4, 0.5) is 4.39 Å². The average Bonchev–Trinajstić information content (AvgIpc) is 2.39. The zero-order valence-corrected chi connectivity index (χ0v) is 11.1. The molecule has 1 aromatic carbocycles. The lowest BCUT2D eigenvalue weighted by Crippen LogP contribution is -2.27. The van der Waals surface area contributed by atoms with E-state index in [2.05, 4.69) is 5.10 Å². The van der Waals surface area contributed by atoms with Crippen molar-refractivity contribution in [1.29, 1.82) is 0 Å². The molecular weight excluding hydrogens is 261 g/mol. The van der Waals surface area contributed by atoms with Gasteiger partial charge in [0.1, 0.15) is 17.1 Å². The van der Waals surface area contributed by atoms with Crippen LogP contribution in [-0.4, -0.2) is 15.7 Å². The molecule has 1 amide bonds. The van der Waals surface area contributed by atoms with Gasteiger partial charge in [-0.15, -0.1) is 0 Å². The van der Waals surface area contributed by atoms with Crippen molar-refractivity contribution in [3.05, 3.63) is 52.1 Å². The van der Waals surface area contributed by atoms with Gasteiger partial charge >= 0.3 is 0 Å². The van der Waals surface area contributed by atoms with Gasteiger partial charge in [0, 0.05) is 17.8 Å². The Kier molecular flexibility index (Phi) is 3.65. The van der Waals surface area contributed by atoms with Crippen molar-refractivity contribution in [3.63, 3.8) is 0 Å². The summed E-state index contributed by atoms with van der Waals surface area (Å²) in [6.45, 7) is 3.72. The smallest absolute Gasteiger partial charge is 0.254 e. The Morgan fingerprint density at radius 1 is 1.30 bits per heavy atom. The number of primary amides is 1. The van der Waals surface area contributed by atoms with Crippen LogP contribution in [0.2, 0.25) is 0 Å². The van der Waals surface area contributed by atoms with Crippen LogP contribution < -0.4 is 11.2 Å². The van der Waals surface area contributed by atoms with E-state index in [1.165, 1.54) is 35.1 Å². The SMILES string of the molecule is CC(C)n1cc(C(N)=O)c(=O)c(-c2ccc(F)cc2)n1. The molecule has 2 rings (SSSR count). The van der Waals surface area contributed by atoms with Crippen LogP contribution in [0.25, 0.3) is 11.3 Å². The van der Waals surface area contributed by atoms with Gasteiger partial charge in [-0.25, -0.2) is 4.39 Å². The zero-order chi connectivity index (χ0) is 14.9. The van der Waals surface area contributed by atoms with E-state index in [0.717, 1.165) is 0 Å². The summed E-state index contributed by atoms with van der Waals surface area (Å²) in [6, 6.07) is 5.29. The highest BCUT2D eigenvalue weighted by Gasteiger charge is 2.16. The molecule has 0 aliphatic heterocycles. The molecule has 2 N–H and O–H groups in total. The Labute approximate surface area is 114 Å². The van der Waals surface area contributed by atoms with Gasteiger partial charge in [-0.2, -0.15) is 5.10 Å². The maximum Gasteiger partial charge on any atom is 0.254 e. The Morgan fingerprint density at radius 2 is 1.90 bits per heavy atom. The van der Waals surface area contributed by atoms with Crippen LogP contribution >= 0.6 is 0 Å². The van der Waals surface area contributed by atoms with Crippen LogP contribution in [0.1, 0.15) is 30.2 Å². The molecule has 0 fully saturated rings. The molecule has 0 saturated carbocycles. The summed E-state index contributed by atoms with van der Waals surface area (Å²) in [5.74, 6) is -1.22. The summed E-state index contributed by atoms with van der Waals surface area (Å²) in [5, 5.41) is 4.19. The molecule has 5 nitrogen and oxygen atoms in total. The minimum absolute atomic E-state index is 0.0482. The maximum absolute atomic E-state index is 12.9. The third-order valence-corrected chi connectivity index (χ3v) is 2.85. The highest BCUT2D eigenvalue weighted by molar-refractivity contribution is 5.93. The van der Waals surface area contributed by atoms with E-state index in [4.69, 9.17) is 5.73 Å². The molecule has 0 radical (unpaired) electrons. The quantitative estimate of drug-likeness (QED) is 0.926. The fourth-order valence-electron chi connectivity index (χ4n) is 1.74. The van der Waals surface area contributed by atoms with Crippen LogP contribution in [0, 0.1) is 5.82 Å². The zero-order valence-electron chi connectivity index (χ0n) is 11.1. The van der Waals surface area contributed by atoms with Crippen molar-refractivity contribution in [2.24, 2.45) is 5.73 Å². The minimum Gasteiger partial charge on any atom is -0.365 e. The minimum atomic E-state index is -0.810.